The van der Waals surface area contributed by atoms with Gasteiger partial charge in [-0.15, -0.1) is 11.3 Å². The molecule has 3 heterocycles. The van der Waals surface area contributed by atoms with E-state index in [9.17, 15) is 9.59 Å². The summed E-state index contributed by atoms with van der Waals surface area (Å²) in [6.45, 7) is 3.80. The molecule has 0 radical (unpaired) electrons. The van der Waals surface area contributed by atoms with Crippen LogP contribution in [0.3, 0.4) is 0 Å². The van der Waals surface area contributed by atoms with Crippen LogP contribution in [0.1, 0.15) is 33.2 Å². The summed E-state index contributed by atoms with van der Waals surface area (Å²) in [7, 11) is 0. The summed E-state index contributed by atoms with van der Waals surface area (Å²) in [6, 6.07) is 7.05. The van der Waals surface area contributed by atoms with Crippen LogP contribution < -0.4 is 4.90 Å². The van der Waals surface area contributed by atoms with Crippen LogP contribution in [-0.4, -0.2) is 28.2 Å². The third kappa shape index (κ3) is 3.63. The molecule has 0 aliphatic heterocycles. The smallest absolute Gasteiger partial charge is 0.269 e. The number of ketones is 1. The van der Waals surface area contributed by atoms with E-state index in [2.05, 4.69) is 9.97 Å². The van der Waals surface area contributed by atoms with Gasteiger partial charge in [-0.3, -0.25) is 19.5 Å². The maximum absolute atomic E-state index is 12.8. The lowest BCUT2D eigenvalue weighted by molar-refractivity contribution is 0.0991. The van der Waals surface area contributed by atoms with Gasteiger partial charge in [0.1, 0.15) is 10.0 Å². The van der Waals surface area contributed by atoms with Crippen molar-refractivity contribution >= 4 is 51.0 Å². The topological polar surface area (TPSA) is 63.2 Å². The minimum atomic E-state index is -0.191. The highest BCUT2D eigenvalue weighted by Crippen LogP contribution is 2.38. The quantitative estimate of drug-likeness (QED) is 0.586. The molecule has 0 aliphatic rings. The van der Waals surface area contributed by atoms with Crippen molar-refractivity contribution in [2.24, 2.45) is 0 Å². The number of carbonyl (C=O) groups excluding carboxylic acids is 2. The molecule has 0 saturated carbocycles. The van der Waals surface area contributed by atoms with Crippen molar-refractivity contribution in [1.29, 1.82) is 0 Å². The molecule has 0 bridgehead atoms. The summed E-state index contributed by atoms with van der Waals surface area (Å²) >= 11 is 8.82. The predicted molar refractivity (Wildman–Crippen MR) is 102 cm³/mol. The summed E-state index contributed by atoms with van der Waals surface area (Å²) in [4.78, 5) is 35.4. The molecule has 0 unspecified atom stereocenters. The maximum atomic E-state index is 12.8. The Morgan fingerprint density at radius 2 is 1.96 bits per heavy atom. The maximum Gasteiger partial charge on any atom is 0.269 e. The Bertz CT molecular complexity index is 921. The van der Waals surface area contributed by atoms with Crippen molar-refractivity contribution in [2.75, 3.05) is 11.4 Å². The second-order valence-electron chi connectivity index (χ2n) is 5.13. The van der Waals surface area contributed by atoms with Gasteiger partial charge in [0.2, 0.25) is 0 Å². The van der Waals surface area contributed by atoms with Gasteiger partial charge in [-0.05, 0) is 38.1 Å². The largest absolute Gasteiger partial charge is 0.297 e. The first-order chi connectivity index (χ1) is 12.0. The van der Waals surface area contributed by atoms with E-state index in [1.165, 1.54) is 29.6 Å². The van der Waals surface area contributed by atoms with Gasteiger partial charge < -0.3 is 0 Å². The van der Waals surface area contributed by atoms with Crippen molar-refractivity contribution < 1.29 is 9.59 Å². The molecular formula is C17H14ClN3O2S2. The number of thiophene rings is 1. The van der Waals surface area contributed by atoms with Crippen LogP contribution >= 0.6 is 34.3 Å². The summed E-state index contributed by atoms with van der Waals surface area (Å²) < 4.78 is 0. The van der Waals surface area contributed by atoms with E-state index in [1.807, 2.05) is 19.1 Å². The molecule has 0 aromatic carbocycles. The van der Waals surface area contributed by atoms with Gasteiger partial charge in [0, 0.05) is 24.5 Å². The number of thiazole rings is 1. The third-order valence-corrected chi connectivity index (χ3v) is 6.13. The van der Waals surface area contributed by atoms with E-state index in [1.54, 1.807) is 29.4 Å². The normalized spacial score (nSPS) is 10.7. The predicted octanol–water partition coefficient (Wildman–Crippen LogP) is 4.79. The Hall–Kier alpha value is -2.09. The highest BCUT2D eigenvalue weighted by molar-refractivity contribution is 7.20. The van der Waals surface area contributed by atoms with Crippen LogP contribution in [0.4, 0.5) is 5.00 Å². The van der Waals surface area contributed by atoms with Crippen LogP contribution in [0, 0.1) is 0 Å². The lowest BCUT2D eigenvalue weighted by Crippen LogP contribution is -2.29. The number of hydrogen-bond donors (Lipinski definition) is 0. The molecule has 5 nitrogen and oxygen atoms in total. The lowest BCUT2D eigenvalue weighted by atomic mass is 10.3. The first kappa shape index (κ1) is 17.7. The van der Waals surface area contributed by atoms with Crippen LogP contribution in [0.2, 0.25) is 5.15 Å². The Balaban J connectivity index is 1.94. The molecule has 0 fully saturated rings. The highest BCUT2D eigenvalue weighted by atomic mass is 35.5. The Morgan fingerprint density at radius 1 is 1.20 bits per heavy atom. The monoisotopic (exact) mass is 391 g/mol. The van der Waals surface area contributed by atoms with E-state index in [0.29, 0.717) is 26.3 Å². The van der Waals surface area contributed by atoms with Gasteiger partial charge in [-0.2, -0.15) is 0 Å². The molecule has 0 atom stereocenters. The van der Waals surface area contributed by atoms with E-state index in [4.69, 9.17) is 11.6 Å². The standard InChI is InChI=1S/C17H14ClN3O2S2/c1-3-21(16(23)13-7-6-12(24-13)10(2)22)17-14(18)20-15(25-17)11-5-4-8-19-9-11/h4-9H,3H2,1-2H3. The Labute approximate surface area is 157 Å². The zero-order chi connectivity index (χ0) is 18.0. The molecule has 1 amide bonds. The first-order valence-corrected chi connectivity index (χ1v) is 9.51. The van der Waals surface area contributed by atoms with E-state index in [0.717, 1.165) is 5.56 Å². The fraction of sp³-hybridized carbons (Fsp3) is 0.176. The number of rotatable bonds is 5. The number of carbonyl (C=O) groups is 2. The van der Waals surface area contributed by atoms with Crippen LogP contribution in [0.15, 0.2) is 36.7 Å². The SMILES string of the molecule is CCN(C(=O)c1ccc(C(C)=O)s1)c1sc(-c2cccnc2)nc1Cl. The Morgan fingerprint density at radius 3 is 2.56 bits per heavy atom. The van der Waals surface area contributed by atoms with Gasteiger partial charge >= 0.3 is 0 Å². The number of Topliss-reactive ketones (excluding diaryl/α,β-unsaturated/α-hetero) is 1. The summed E-state index contributed by atoms with van der Waals surface area (Å²) in [6.07, 6.45) is 3.39. The minimum absolute atomic E-state index is 0.0539. The average molecular weight is 392 g/mol. The lowest BCUT2D eigenvalue weighted by Gasteiger charge is -2.18. The second kappa shape index (κ2) is 7.43. The first-order valence-electron chi connectivity index (χ1n) is 7.50. The fourth-order valence-corrected chi connectivity index (χ4v) is 4.44. The average Bonchev–Trinajstić information content (AvgIpc) is 3.24. The molecule has 0 aliphatic carbocycles. The molecule has 128 valence electrons. The van der Waals surface area contributed by atoms with E-state index >= 15 is 0 Å². The summed E-state index contributed by atoms with van der Waals surface area (Å²) in [5.41, 5.74) is 0.846. The number of amides is 1. The molecular weight excluding hydrogens is 378 g/mol. The van der Waals surface area contributed by atoms with Gasteiger partial charge in [0.25, 0.3) is 5.91 Å². The van der Waals surface area contributed by atoms with Crippen molar-refractivity contribution in [3.63, 3.8) is 0 Å². The summed E-state index contributed by atoms with van der Waals surface area (Å²) in [5.74, 6) is -0.245. The van der Waals surface area contributed by atoms with Crippen molar-refractivity contribution in [1.82, 2.24) is 9.97 Å². The fourth-order valence-electron chi connectivity index (χ4n) is 2.23. The number of anilines is 1. The number of halogens is 1. The minimum Gasteiger partial charge on any atom is -0.297 e. The third-order valence-electron chi connectivity index (χ3n) is 3.45. The van der Waals surface area contributed by atoms with Crippen molar-refractivity contribution in [2.45, 2.75) is 13.8 Å². The molecule has 8 heteroatoms. The number of nitrogens with zero attached hydrogens (tertiary/aromatic N) is 3. The molecule has 0 spiro atoms. The Kier molecular flexibility index (Phi) is 5.27. The molecule has 3 rings (SSSR count). The van der Waals surface area contributed by atoms with Crippen LogP contribution in [0.5, 0.6) is 0 Å². The van der Waals surface area contributed by atoms with Gasteiger partial charge in [0.15, 0.2) is 10.9 Å². The van der Waals surface area contributed by atoms with Crippen molar-refractivity contribution in [3.05, 3.63) is 51.6 Å². The van der Waals surface area contributed by atoms with Crippen molar-refractivity contribution in [3.8, 4) is 10.6 Å². The zero-order valence-electron chi connectivity index (χ0n) is 13.5. The number of pyridine rings is 1. The van der Waals surface area contributed by atoms with Gasteiger partial charge in [-0.1, -0.05) is 22.9 Å². The number of aromatic nitrogens is 2. The molecule has 25 heavy (non-hydrogen) atoms. The number of hydrogen-bond acceptors (Lipinski definition) is 6. The van der Waals surface area contributed by atoms with Gasteiger partial charge in [0.05, 0.1) is 9.75 Å². The van der Waals surface area contributed by atoms with Crippen LogP contribution in [-0.2, 0) is 0 Å². The molecule has 3 aromatic heterocycles. The summed E-state index contributed by atoms with van der Waals surface area (Å²) in [5, 5.41) is 1.57. The molecule has 3 aromatic rings. The van der Waals surface area contributed by atoms with Gasteiger partial charge in [-0.25, -0.2) is 4.98 Å². The molecule has 0 saturated heterocycles. The molecule has 0 N–H and O–H groups in total. The van der Waals surface area contributed by atoms with E-state index in [-0.39, 0.29) is 16.8 Å². The highest BCUT2D eigenvalue weighted by Gasteiger charge is 2.24. The second-order valence-corrected chi connectivity index (χ2v) is 7.55. The van der Waals surface area contributed by atoms with Crippen LogP contribution in [0.25, 0.3) is 10.6 Å². The zero-order valence-corrected chi connectivity index (χ0v) is 15.9. The van der Waals surface area contributed by atoms with E-state index < -0.39 is 0 Å².